The summed E-state index contributed by atoms with van der Waals surface area (Å²) in [6, 6.07) is 2.00. The first-order valence-corrected chi connectivity index (χ1v) is 6.70. The van der Waals surface area contributed by atoms with Gasteiger partial charge in [-0.25, -0.2) is 0 Å². The minimum atomic E-state index is 0.598. The smallest absolute Gasteiger partial charge is 0.0229 e. The maximum atomic E-state index is 3.60. The Kier molecular flexibility index (Phi) is 5.73. The molecule has 1 fully saturated rings. The standard InChI is InChI=1S/C13H29N3/c1-6-8-14-11(2)12(3)16-9-7-13(10-16)15(4)5/h11-14H,6-10H2,1-5H3. The van der Waals surface area contributed by atoms with Crippen molar-refractivity contribution in [3.63, 3.8) is 0 Å². The monoisotopic (exact) mass is 227 g/mol. The molecule has 0 amide bonds. The highest BCUT2D eigenvalue weighted by Gasteiger charge is 2.29. The van der Waals surface area contributed by atoms with E-state index >= 15 is 0 Å². The Morgan fingerprint density at radius 2 is 2.06 bits per heavy atom. The Bertz CT molecular complexity index is 194. The van der Waals surface area contributed by atoms with E-state index in [9.17, 15) is 0 Å². The van der Waals surface area contributed by atoms with E-state index in [-0.39, 0.29) is 0 Å². The summed E-state index contributed by atoms with van der Waals surface area (Å²) in [4.78, 5) is 4.98. The first-order chi connectivity index (χ1) is 7.56. The van der Waals surface area contributed by atoms with Crippen LogP contribution in [0.5, 0.6) is 0 Å². The number of likely N-dealkylation sites (N-methyl/N-ethyl adjacent to an activating group) is 1. The summed E-state index contributed by atoms with van der Waals surface area (Å²) < 4.78 is 0. The van der Waals surface area contributed by atoms with Gasteiger partial charge in [-0.1, -0.05) is 6.92 Å². The van der Waals surface area contributed by atoms with Crippen LogP contribution in [0.15, 0.2) is 0 Å². The van der Waals surface area contributed by atoms with Crippen LogP contribution in [0.1, 0.15) is 33.6 Å². The van der Waals surface area contributed by atoms with E-state index in [1.807, 2.05) is 0 Å². The van der Waals surface area contributed by atoms with Crippen LogP contribution in [0.3, 0.4) is 0 Å². The molecule has 3 nitrogen and oxygen atoms in total. The lowest BCUT2D eigenvalue weighted by atomic mass is 10.1. The Labute approximate surface area is 101 Å². The molecular weight excluding hydrogens is 198 g/mol. The van der Waals surface area contributed by atoms with Gasteiger partial charge in [-0.3, -0.25) is 4.90 Å². The molecule has 1 aliphatic rings. The van der Waals surface area contributed by atoms with E-state index in [4.69, 9.17) is 0 Å². The maximum Gasteiger partial charge on any atom is 0.0229 e. The van der Waals surface area contributed by atoms with Crippen molar-refractivity contribution in [3.8, 4) is 0 Å². The predicted molar refractivity (Wildman–Crippen MR) is 70.9 cm³/mol. The second-order valence-corrected chi connectivity index (χ2v) is 5.38. The molecule has 3 unspecified atom stereocenters. The summed E-state index contributed by atoms with van der Waals surface area (Å²) >= 11 is 0. The van der Waals surface area contributed by atoms with E-state index in [0.717, 1.165) is 12.6 Å². The largest absolute Gasteiger partial charge is 0.313 e. The van der Waals surface area contributed by atoms with Gasteiger partial charge < -0.3 is 10.2 Å². The van der Waals surface area contributed by atoms with Gasteiger partial charge in [0, 0.05) is 31.2 Å². The van der Waals surface area contributed by atoms with Crippen LogP contribution in [-0.4, -0.2) is 61.7 Å². The molecular formula is C13H29N3. The second-order valence-electron chi connectivity index (χ2n) is 5.38. The van der Waals surface area contributed by atoms with Gasteiger partial charge in [-0.2, -0.15) is 0 Å². The Morgan fingerprint density at radius 3 is 2.56 bits per heavy atom. The normalized spacial score (nSPS) is 26.2. The molecule has 3 heteroatoms. The van der Waals surface area contributed by atoms with Crippen LogP contribution in [0.25, 0.3) is 0 Å². The van der Waals surface area contributed by atoms with Gasteiger partial charge in [0.1, 0.15) is 0 Å². The van der Waals surface area contributed by atoms with Crippen molar-refractivity contribution in [1.82, 2.24) is 15.1 Å². The number of rotatable bonds is 6. The van der Waals surface area contributed by atoms with Crippen molar-refractivity contribution in [2.75, 3.05) is 33.7 Å². The molecule has 1 heterocycles. The van der Waals surface area contributed by atoms with Crippen molar-refractivity contribution in [3.05, 3.63) is 0 Å². The molecule has 1 rings (SSSR count). The van der Waals surface area contributed by atoms with Crippen LogP contribution in [0.2, 0.25) is 0 Å². The van der Waals surface area contributed by atoms with Crippen LogP contribution in [0.4, 0.5) is 0 Å². The van der Waals surface area contributed by atoms with Crippen LogP contribution >= 0.6 is 0 Å². The first kappa shape index (κ1) is 13.9. The van der Waals surface area contributed by atoms with Gasteiger partial charge in [-0.05, 0) is 47.3 Å². The van der Waals surface area contributed by atoms with Crippen LogP contribution in [-0.2, 0) is 0 Å². The lowest BCUT2D eigenvalue weighted by Gasteiger charge is -2.31. The molecule has 1 aliphatic heterocycles. The zero-order valence-corrected chi connectivity index (χ0v) is 11.7. The van der Waals surface area contributed by atoms with Crippen molar-refractivity contribution >= 4 is 0 Å². The SMILES string of the molecule is CCCNC(C)C(C)N1CCC(N(C)C)C1. The molecule has 0 aromatic carbocycles. The summed E-state index contributed by atoms with van der Waals surface area (Å²) in [5, 5.41) is 3.60. The highest BCUT2D eigenvalue weighted by atomic mass is 15.3. The third kappa shape index (κ3) is 3.72. The maximum absolute atomic E-state index is 3.60. The molecule has 0 radical (unpaired) electrons. The van der Waals surface area contributed by atoms with Gasteiger partial charge in [0.2, 0.25) is 0 Å². The van der Waals surface area contributed by atoms with E-state index in [1.54, 1.807) is 0 Å². The number of hydrogen-bond acceptors (Lipinski definition) is 3. The fourth-order valence-corrected chi connectivity index (χ4v) is 2.42. The van der Waals surface area contributed by atoms with Gasteiger partial charge in [0.05, 0.1) is 0 Å². The number of hydrogen-bond donors (Lipinski definition) is 1. The molecule has 0 aromatic heterocycles. The number of likely N-dealkylation sites (tertiary alicyclic amines) is 1. The molecule has 0 saturated carbocycles. The molecule has 1 saturated heterocycles. The Morgan fingerprint density at radius 1 is 1.38 bits per heavy atom. The minimum absolute atomic E-state index is 0.598. The third-order valence-electron chi connectivity index (χ3n) is 3.94. The lowest BCUT2D eigenvalue weighted by molar-refractivity contribution is 0.194. The fourth-order valence-electron chi connectivity index (χ4n) is 2.42. The van der Waals surface area contributed by atoms with E-state index in [0.29, 0.717) is 12.1 Å². The molecule has 0 spiro atoms. The first-order valence-electron chi connectivity index (χ1n) is 6.70. The quantitative estimate of drug-likeness (QED) is 0.740. The summed E-state index contributed by atoms with van der Waals surface area (Å²) in [5.41, 5.74) is 0. The predicted octanol–water partition coefficient (Wildman–Crippen LogP) is 1.40. The highest BCUT2D eigenvalue weighted by Crippen LogP contribution is 2.17. The van der Waals surface area contributed by atoms with Gasteiger partial charge in [0.15, 0.2) is 0 Å². The van der Waals surface area contributed by atoms with E-state index in [1.165, 1.54) is 25.9 Å². The summed E-state index contributed by atoms with van der Waals surface area (Å²) in [6.45, 7) is 10.5. The molecule has 0 aliphatic carbocycles. The minimum Gasteiger partial charge on any atom is -0.313 e. The summed E-state index contributed by atoms with van der Waals surface area (Å²) in [7, 11) is 4.38. The zero-order chi connectivity index (χ0) is 12.1. The van der Waals surface area contributed by atoms with Crippen molar-refractivity contribution in [2.45, 2.75) is 51.7 Å². The average molecular weight is 227 g/mol. The molecule has 16 heavy (non-hydrogen) atoms. The third-order valence-corrected chi connectivity index (χ3v) is 3.94. The van der Waals surface area contributed by atoms with Gasteiger partial charge in [0.25, 0.3) is 0 Å². The van der Waals surface area contributed by atoms with Crippen molar-refractivity contribution in [2.24, 2.45) is 0 Å². The summed E-state index contributed by atoms with van der Waals surface area (Å²) in [6.07, 6.45) is 2.54. The van der Waals surface area contributed by atoms with E-state index < -0.39 is 0 Å². The molecule has 0 aromatic rings. The molecule has 3 atom stereocenters. The Balaban J connectivity index is 2.35. The zero-order valence-electron chi connectivity index (χ0n) is 11.7. The molecule has 1 N–H and O–H groups in total. The van der Waals surface area contributed by atoms with Gasteiger partial charge in [-0.15, -0.1) is 0 Å². The van der Waals surface area contributed by atoms with E-state index in [2.05, 4.69) is 50.0 Å². The Hall–Kier alpha value is -0.120. The van der Waals surface area contributed by atoms with Crippen molar-refractivity contribution < 1.29 is 0 Å². The second kappa shape index (κ2) is 6.58. The van der Waals surface area contributed by atoms with Crippen LogP contribution in [0, 0.1) is 0 Å². The molecule has 96 valence electrons. The topological polar surface area (TPSA) is 18.5 Å². The number of nitrogens with one attached hydrogen (secondary N) is 1. The van der Waals surface area contributed by atoms with Crippen LogP contribution < -0.4 is 5.32 Å². The average Bonchev–Trinajstić information content (AvgIpc) is 2.74. The van der Waals surface area contributed by atoms with Gasteiger partial charge >= 0.3 is 0 Å². The highest BCUT2D eigenvalue weighted by molar-refractivity contribution is 4.87. The number of nitrogens with zero attached hydrogens (tertiary/aromatic N) is 2. The van der Waals surface area contributed by atoms with Crippen molar-refractivity contribution in [1.29, 1.82) is 0 Å². The summed E-state index contributed by atoms with van der Waals surface area (Å²) in [5.74, 6) is 0. The molecule has 0 bridgehead atoms. The lowest BCUT2D eigenvalue weighted by Crippen LogP contribution is -2.47. The fraction of sp³-hybridized carbons (Fsp3) is 1.00.